The van der Waals surface area contributed by atoms with Crippen molar-refractivity contribution in [2.45, 2.75) is 0 Å². The topological polar surface area (TPSA) is 42.9 Å². The van der Waals surface area contributed by atoms with Crippen molar-refractivity contribution in [3.8, 4) is 0 Å². The van der Waals surface area contributed by atoms with Crippen LogP contribution in [0.4, 0.5) is 11.4 Å². The third kappa shape index (κ3) is 1.93. The van der Waals surface area contributed by atoms with Gasteiger partial charge in [-0.05, 0) is 12.1 Å². The van der Waals surface area contributed by atoms with E-state index >= 15 is 0 Å². The molecule has 1 rings (SSSR count). The van der Waals surface area contributed by atoms with E-state index in [0.29, 0.717) is 0 Å². The molecule has 0 radical (unpaired) electrons. The summed E-state index contributed by atoms with van der Waals surface area (Å²) >= 11 is 0. The number of nitrogens with two attached hydrogens (primary N) is 1. The van der Waals surface area contributed by atoms with Gasteiger partial charge < -0.3 is 15.6 Å². The lowest BCUT2D eigenvalue weighted by Gasteiger charge is -2.12. The second kappa shape index (κ2) is 3.37. The number of anilines is 1. The molecule has 0 unspecified atom stereocenters. The van der Waals surface area contributed by atoms with E-state index in [2.05, 4.69) is 0 Å². The van der Waals surface area contributed by atoms with E-state index in [1.807, 2.05) is 43.3 Å². The number of nitrogens with zero attached hydrogens (tertiary/aromatic N) is 1. The molecule has 1 aromatic rings. The molecular formula is C8H12N2O. The Bertz CT molecular complexity index is 218. The van der Waals surface area contributed by atoms with Gasteiger partial charge in [0.1, 0.15) is 5.69 Å². The summed E-state index contributed by atoms with van der Waals surface area (Å²) in [6.45, 7) is 0. The molecule has 0 atom stereocenters. The Morgan fingerprint density at radius 2 is 1.73 bits per heavy atom. The van der Waals surface area contributed by atoms with Crippen LogP contribution in [0.1, 0.15) is 0 Å². The summed E-state index contributed by atoms with van der Waals surface area (Å²) in [6, 6.07) is 7.46. The van der Waals surface area contributed by atoms with E-state index in [4.69, 9.17) is 0 Å². The van der Waals surface area contributed by atoms with Crippen LogP contribution in [0, 0.1) is 5.21 Å². The lowest BCUT2D eigenvalue weighted by atomic mass is 10.3. The van der Waals surface area contributed by atoms with Crippen LogP contribution in [0.15, 0.2) is 24.3 Å². The van der Waals surface area contributed by atoms with Gasteiger partial charge in [0.25, 0.3) is 0 Å². The molecule has 0 spiro atoms. The predicted molar refractivity (Wildman–Crippen MR) is 45.7 cm³/mol. The highest BCUT2D eigenvalue weighted by atomic mass is 16.5. The van der Waals surface area contributed by atoms with Crippen LogP contribution in [0.5, 0.6) is 0 Å². The highest BCUT2D eigenvalue weighted by molar-refractivity contribution is 5.49. The maximum atomic E-state index is 10.3. The monoisotopic (exact) mass is 152 g/mol. The Morgan fingerprint density at radius 3 is 2.09 bits per heavy atom. The Labute approximate surface area is 66.2 Å². The first-order valence-corrected chi connectivity index (χ1v) is 3.46. The number of hydrogen-bond donors (Lipinski definition) is 1. The smallest absolute Gasteiger partial charge is 0.129 e. The molecule has 0 saturated heterocycles. The molecule has 2 N–H and O–H groups in total. The van der Waals surface area contributed by atoms with Crippen LogP contribution in [0.25, 0.3) is 0 Å². The molecule has 0 bridgehead atoms. The lowest BCUT2D eigenvalue weighted by Crippen LogP contribution is -2.70. The minimum atomic E-state index is 0.718. The molecule has 0 aromatic heterocycles. The molecular weight excluding hydrogens is 140 g/mol. The van der Waals surface area contributed by atoms with E-state index < -0.39 is 0 Å². The van der Waals surface area contributed by atoms with Crippen LogP contribution in [-0.2, 0) is 0 Å². The summed E-state index contributed by atoms with van der Waals surface area (Å²) in [5, 5.41) is 10.3. The van der Waals surface area contributed by atoms with Gasteiger partial charge in [-0.15, -0.1) is 0 Å². The van der Waals surface area contributed by atoms with Gasteiger partial charge in [-0.25, -0.2) is 0 Å². The third-order valence-corrected chi connectivity index (χ3v) is 1.55. The van der Waals surface area contributed by atoms with Gasteiger partial charge in [0.05, 0.1) is 0 Å². The average Bonchev–Trinajstić information content (AvgIpc) is 2.05. The van der Waals surface area contributed by atoms with Crippen molar-refractivity contribution in [2.24, 2.45) is 0 Å². The maximum Gasteiger partial charge on any atom is 0.129 e. The minimum absolute atomic E-state index is 0.718. The Hall–Kier alpha value is -1.06. The van der Waals surface area contributed by atoms with Crippen LogP contribution < -0.4 is 10.4 Å². The van der Waals surface area contributed by atoms with Gasteiger partial charge in [0, 0.05) is 31.9 Å². The minimum Gasteiger partial charge on any atom is -0.630 e. The van der Waals surface area contributed by atoms with Crippen LogP contribution in [0.2, 0.25) is 0 Å². The molecule has 0 amide bonds. The summed E-state index contributed by atoms with van der Waals surface area (Å²) < 4.78 is 0. The van der Waals surface area contributed by atoms with E-state index in [-0.39, 0.29) is 0 Å². The second-order valence-corrected chi connectivity index (χ2v) is 2.60. The SMILES string of the molecule is CN(C)c1ccc([NH2+][O-])cc1. The average molecular weight is 152 g/mol. The van der Waals surface area contributed by atoms with Crippen LogP contribution >= 0.6 is 0 Å². The summed E-state index contributed by atoms with van der Waals surface area (Å²) in [4.78, 5) is 1.99. The molecule has 0 aliphatic heterocycles. The van der Waals surface area contributed by atoms with Gasteiger partial charge >= 0.3 is 0 Å². The molecule has 0 aliphatic carbocycles. The van der Waals surface area contributed by atoms with Crippen molar-refractivity contribution < 1.29 is 5.48 Å². The molecule has 0 saturated carbocycles. The highest BCUT2D eigenvalue weighted by Crippen LogP contribution is 2.11. The quantitative estimate of drug-likeness (QED) is 0.493. The first kappa shape index (κ1) is 8.04. The fourth-order valence-electron chi connectivity index (χ4n) is 0.851. The number of benzene rings is 1. The summed E-state index contributed by atoms with van der Waals surface area (Å²) in [6.07, 6.45) is 0. The molecule has 1 aromatic carbocycles. The van der Waals surface area contributed by atoms with Crippen molar-refractivity contribution in [3.05, 3.63) is 29.5 Å². The fourth-order valence-corrected chi connectivity index (χ4v) is 0.851. The standard InChI is InChI=1S/C8H12N2O/c1-10(2)8-5-3-7(9-11)4-6-8/h3-6H,9H2,1-2H3. The van der Waals surface area contributed by atoms with Gasteiger partial charge in [0.2, 0.25) is 0 Å². The Kier molecular flexibility index (Phi) is 2.46. The van der Waals surface area contributed by atoms with E-state index in [1.165, 1.54) is 0 Å². The molecule has 0 aliphatic rings. The zero-order valence-corrected chi connectivity index (χ0v) is 6.74. The normalized spacial score (nSPS) is 9.73. The number of hydrogen-bond acceptors (Lipinski definition) is 2. The summed E-state index contributed by atoms with van der Waals surface area (Å²) in [5.41, 5.74) is 2.67. The van der Waals surface area contributed by atoms with Gasteiger partial charge in [-0.1, -0.05) is 0 Å². The Morgan fingerprint density at radius 1 is 1.18 bits per heavy atom. The lowest BCUT2D eigenvalue weighted by molar-refractivity contribution is -0.497. The molecule has 60 valence electrons. The number of quaternary nitrogens is 1. The van der Waals surface area contributed by atoms with Crippen LogP contribution in [0.3, 0.4) is 0 Å². The van der Waals surface area contributed by atoms with Gasteiger partial charge in [-0.2, -0.15) is 0 Å². The first-order chi connectivity index (χ1) is 5.24. The van der Waals surface area contributed by atoms with E-state index in [1.54, 1.807) is 0 Å². The Balaban J connectivity index is 2.83. The molecule has 3 heteroatoms. The summed E-state index contributed by atoms with van der Waals surface area (Å²) in [5.74, 6) is 0. The van der Waals surface area contributed by atoms with E-state index in [0.717, 1.165) is 16.9 Å². The zero-order chi connectivity index (χ0) is 8.27. The van der Waals surface area contributed by atoms with Crippen molar-refractivity contribution in [2.75, 3.05) is 19.0 Å². The third-order valence-electron chi connectivity index (χ3n) is 1.55. The van der Waals surface area contributed by atoms with Crippen molar-refractivity contribution in [1.29, 1.82) is 0 Å². The van der Waals surface area contributed by atoms with Crippen molar-refractivity contribution >= 4 is 11.4 Å². The molecule has 0 heterocycles. The van der Waals surface area contributed by atoms with Crippen molar-refractivity contribution in [1.82, 2.24) is 0 Å². The first-order valence-electron chi connectivity index (χ1n) is 3.46. The van der Waals surface area contributed by atoms with Gasteiger partial charge in [0.15, 0.2) is 0 Å². The zero-order valence-electron chi connectivity index (χ0n) is 6.74. The fraction of sp³-hybridized carbons (Fsp3) is 0.250. The number of rotatable bonds is 2. The molecule has 11 heavy (non-hydrogen) atoms. The summed E-state index contributed by atoms with van der Waals surface area (Å²) in [7, 11) is 3.94. The molecule has 0 fully saturated rings. The largest absolute Gasteiger partial charge is 0.630 e. The van der Waals surface area contributed by atoms with Crippen LogP contribution in [-0.4, -0.2) is 14.1 Å². The van der Waals surface area contributed by atoms with E-state index in [9.17, 15) is 5.21 Å². The predicted octanol–water partition coefficient (Wildman–Crippen LogP) is 0.445. The maximum absolute atomic E-state index is 10.3. The van der Waals surface area contributed by atoms with Gasteiger partial charge in [-0.3, -0.25) is 0 Å². The second-order valence-electron chi connectivity index (χ2n) is 2.60. The van der Waals surface area contributed by atoms with Crippen molar-refractivity contribution in [3.63, 3.8) is 0 Å². The molecule has 3 nitrogen and oxygen atoms in total. The highest BCUT2D eigenvalue weighted by Gasteiger charge is 1.94.